The van der Waals surface area contributed by atoms with Crippen molar-refractivity contribution < 1.29 is 0 Å². The van der Waals surface area contributed by atoms with E-state index >= 15 is 0 Å². The van der Waals surface area contributed by atoms with Gasteiger partial charge in [-0.15, -0.1) is 0 Å². The zero-order valence-corrected chi connectivity index (χ0v) is 13.3. The number of nitrogens with one attached hydrogen (secondary N) is 1. The monoisotopic (exact) mass is 255 g/mol. The number of rotatable bonds is 6. The van der Waals surface area contributed by atoms with E-state index in [2.05, 4.69) is 56.8 Å². The Balaban J connectivity index is 2.55. The molecule has 3 nitrogen and oxygen atoms in total. The summed E-state index contributed by atoms with van der Waals surface area (Å²) in [6.07, 6.45) is 1.24. The van der Waals surface area contributed by atoms with Crippen LogP contribution >= 0.6 is 0 Å². The van der Waals surface area contributed by atoms with Gasteiger partial charge in [0.25, 0.3) is 0 Å². The van der Waals surface area contributed by atoms with E-state index in [0.29, 0.717) is 11.0 Å². The van der Waals surface area contributed by atoms with Crippen molar-refractivity contribution in [2.24, 2.45) is 5.41 Å². The van der Waals surface area contributed by atoms with Crippen LogP contribution in [0, 0.1) is 5.41 Å². The van der Waals surface area contributed by atoms with E-state index in [-0.39, 0.29) is 0 Å². The third-order valence-corrected chi connectivity index (χ3v) is 4.66. The van der Waals surface area contributed by atoms with Crippen LogP contribution in [-0.4, -0.2) is 61.7 Å². The Morgan fingerprint density at radius 2 is 1.89 bits per heavy atom. The number of nitrogens with zero attached hydrogens (tertiary/aromatic N) is 2. The Morgan fingerprint density at radius 1 is 1.22 bits per heavy atom. The third-order valence-electron chi connectivity index (χ3n) is 4.66. The minimum Gasteiger partial charge on any atom is -0.316 e. The molecule has 1 saturated heterocycles. The van der Waals surface area contributed by atoms with E-state index < -0.39 is 0 Å². The van der Waals surface area contributed by atoms with Crippen molar-refractivity contribution in [3.8, 4) is 0 Å². The predicted octanol–water partition coefficient (Wildman–Crippen LogP) is 2.04. The molecule has 1 aliphatic rings. The lowest BCUT2D eigenvalue weighted by Crippen LogP contribution is -2.59. The third kappa shape index (κ3) is 4.22. The molecule has 1 fully saturated rings. The van der Waals surface area contributed by atoms with Crippen LogP contribution in [0.2, 0.25) is 0 Å². The maximum absolute atomic E-state index is 3.52. The molecule has 108 valence electrons. The van der Waals surface area contributed by atoms with Crippen molar-refractivity contribution in [1.82, 2.24) is 15.1 Å². The second-order valence-corrected chi connectivity index (χ2v) is 6.89. The molecule has 3 heteroatoms. The first-order valence-corrected chi connectivity index (χ1v) is 7.47. The fourth-order valence-corrected chi connectivity index (χ4v) is 2.74. The maximum Gasteiger partial charge on any atom is 0.0277 e. The second kappa shape index (κ2) is 6.36. The quantitative estimate of drug-likeness (QED) is 0.783. The highest BCUT2D eigenvalue weighted by Crippen LogP contribution is 2.26. The SMILES string of the molecule is CCNCC(C)(CC)CN1CCN(C)C(C)(C)C1. The van der Waals surface area contributed by atoms with Gasteiger partial charge in [-0.2, -0.15) is 0 Å². The first-order chi connectivity index (χ1) is 8.33. The van der Waals surface area contributed by atoms with E-state index in [1.54, 1.807) is 0 Å². The molecular weight excluding hydrogens is 222 g/mol. The minimum atomic E-state index is 0.311. The molecule has 1 unspecified atom stereocenters. The van der Waals surface area contributed by atoms with Gasteiger partial charge in [-0.3, -0.25) is 9.80 Å². The van der Waals surface area contributed by atoms with Crippen molar-refractivity contribution >= 4 is 0 Å². The molecule has 1 rings (SSSR count). The predicted molar refractivity (Wildman–Crippen MR) is 80.1 cm³/mol. The van der Waals surface area contributed by atoms with Gasteiger partial charge in [0, 0.05) is 38.3 Å². The molecule has 18 heavy (non-hydrogen) atoms. The van der Waals surface area contributed by atoms with E-state index in [4.69, 9.17) is 0 Å². The molecule has 1 atom stereocenters. The highest BCUT2D eigenvalue weighted by atomic mass is 15.3. The van der Waals surface area contributed by atoms with Gasteiger partial charge in [-0.1, -0.05) is 20.8 Å². The Morgan fingerprint density at radius 3 is 2.39 bits per heavy atom. The summed E-state index contributed by atoms with van der Waals surface area (Å²) in [6, 6.07) is 0. The molecule has 0 saturated carbocycles. The molecule has 0 spiro atoms. The average Bonchev–Trinajstić information content (AvgIpc) is 2.31. The van der Waals surface area contributed by atoms with Crippen molar-refractivity contribution in [2.75, 3.05) is 46.3 Å². The molecule has 1 aliphatic heterocycles. The van der Waals surface area contributed by atoms with Crippen molar-refractivity contribution in [1.29, 1.82) is 0 Å². The number of piperazine rings is 1. The van der Waals surface area contributed by atoms with Crippen LogP contribution in [0.1, 0.15) is 41.0 Å². The van der Waals surface area contributed by atoms with Gasteiger partial charge >= 0.3 is 0 Å². The number of likely N-dealkylation sites (N-methyl/N-ethyl adjacent to an activating group) is 1. The first-order valence-electron chi connectivity index (χ1n) is 7.47. The van der Waals surface area contributed by atoms with Crippen LogP contribution in [0.15, 0.2) is 0 Å². The van der Waals surface area contributed by atoms with Gasteiger partial charge in [0.05, 0.1) is 0 Å². The van der Waals surface area contributed by atoms with Gasteiger partial charge in [-0.25, -0.2) is 0 Å². The van der Waals surface area contributed by atoms with E-state index in [1.165, 1.54) is 32.6 Å². The Hall–Kier alpha value is -0.120. The van der Waals surface area contributed by atoms with Crippen LogP contribution in [0.4, 0.5) is 0 Å². The smallest absolute Gasteiger partial charge is 0.0277 e. The Labute approximate surface area is 114 Å². The lowest BCUT2D eigenvalue weighted by atomic mass is 9.85. The summed E-state index contributed by atoms with van der Waals surface area (Å²) in [7, 11) is 2.25. The minimum absolute atomic E-state index is 0.311. The van der Waals surface area contributed by atoms with Gasteiger partial charge in [0.2, 0.25) is 0 Å². The number of hydrogen-bond acceptors (Lipinski definition) is 3. The van der Waals surface area contributed by atoms with Crippen LogP contribution in [0.3, 0.4) is 0 Å². The van der Waals surface area contributed by atoms with Gasteiger partial charge in [0.1, 0.15) is 0 Å². The van der Waals surface area contributed by atoms with Crippen molar-refractivity contribution in [3.63, 3.8) is 0 Å². The Kier molecular flexibility index (Phi) is 5.63. The van der Waals surface area contributed by atoms with E-state index in [0.717, 1.165) is 13.1 Å². The fourth-order valence-electron chi connectivity index (χ4n) is 2.74. The highest BCUT2D eigenvalue weighted by Gasteiger charge is 2.34. The summed E-state index contributed by atoms with van der Waals surface area (Å²) in [6.45, 7) is 18.6. The largest absolute Gasteiger partial charge is 0.316 e. The summed E-state index contributed by atoms with van der Waals surface area (Å²) in [4.78, 5) is 5.14. The molecule has 0 aromatic carbocycles. The van der Waals surface area contributed by atoms with Crippen molar-refractivity contribution in [3.05, 3.63) is 0 Å². The first kappa shape index (κ1) is 15.9. The molecule has 1 heterocycles. The topological polar surface area (TPSA) is 18.5 Å². The summed E-state index contributed by atoms with van der Waals surface area (Å²) in [5.74, 6) is 0. The summed E-state index contributed by atoms with van der Waals surface area (Å²) < 4.78 is 0. The molecule has 0 amide bonds. The van der Waals surface area contributed by atoms with E-state index in [9.17, 15) is 0 Å². The normalized spacial score (nSPS) is 25.0. The molecule has 1 N–H and O–H groups in total. The second-order valence-electron chi connectivity index (χ2n) is 6.89. The zero-order chi connectivity index (χ0) is 13.8. The summed E-state index contributed by atoms with van der Waals surface area (Å²) >= 11 is 0. The lowest BCUT2D eigenvalue weighted by Gasteiger charge is -2.47. The van der Waals surface area contributed by atoms with Crippen LogP contribution in [-0.2, 0) is 0 Å². The molecular formula is C15H33N3. The van der Waals surface area contributed by atoms with Gasteiger partial charge in [0.15, 0.2) is 0 Å². The van der Waals surface area contributed by atoms with E-state index in [1.807, 2.05) is 0 Å². The highest BCUT2D eigenvalue weighted by molar-refractivity contribution is 4.91. The molecule has 0 bridgehead atoms. The number of hydrogen-bond donors (Lipinski definition) is 1. The fraction of sp³-hybridized carbons (Fsp3) is 1.00. The molecule has 0 aromatic heterocycles. The lowest BCUT2D eigenvalue weighted by molar-refractivity contribution is 0.0181. The Bertz CT molecular complexity index is 252. The molecule has 0 radical (unpaired) electrons. The van der Waals surface area contributed by atoms with Crippen LogP contribution in [0.5, 0.6) is 0 Å². The molecule has 0 aliphatic carbocycles. The average molecular weight is 255 g/mol. The summed E-state index contributed by atoms with van der Waals surface area (Å²) in [5.41, 5.74) is 0.715. The standard InChI is InChI=1S/C15H33N3/c1-7-15(5,11-16-8-2)13-18-10-9-17(6)14(3,4)12-18/h16H,7-13H2,1-6H3. The van der Waals surface area contributed by atoms with Crippen LogP contribution in [0.25, 0.3) is 0 Å². The van der Waals surface area contributed by atoms with Gasteiger partial charge in [-0.05, 0) is 39.3 Å². The summed E-state index contributed by atoms with van der Waals surface area (Å²) in [5, 5.41) is 3.52. The maximum atomic E-state index is 3.52. The van der Waals surface area contributed by atoms with Crippen molar-refractivity contribution in [2.45, 2.75) is 46.6 Å². The van der Waals surface area contributed by atoms with Gasteiger partial charge < -0.3 is 5.32 Å². The molecule has 0 aromatic rings. The van der Waals surface area contributed by atoms with Crippen LogP contribution < -0.4 is 5.32 Å². The zero-order valence-electron chi connectivity index (χ0n) is 13.3.